The Labute approximate surface area is 428 Å². The molecule has 12 aromatic rings. The van der Waals surface area contributed by atoms with Crippen LogP contribution in [0.3, 0.4) is 0 Å². The molecule has 0 radical (unpaired) electrons. The summed E-state index contributed by atoms with van der Waals surface area (Å²) < 4.78 is 4.82. The van der Waals surface area contributed by atoms with Crippen molar-refractivity contribution in [3.8, 4) is 44.8 Å². The summed E-state index contributed by atoms with van der Waals surface area (Å²) in [6.45, 7) is 13.4. The van der Waals surface area contributed by atoms with E-state index in [0.717, 1.165) is 0 Å². The van der Waals surface area contributed by atoms with Gasteiger partial charge in [0.15, 0.2) is 0 Å². The van der Waals surface area contributed by atoms with E-state index in [9.17, 15) is 0 Å². The Balaban J connectivity index is 0.711. The lowest BCUT2D eigenvalue weighted by molar-refractivity contribution is 0.660. The van der Waals surface area contributed by atoms with E-state index in [0.29, 0.717) is 0 Å². The molecular formula is C71H56N2. The van der Waals surface area contributed by atoms with E-state index in [1.165, 1.54) is 144 Å². The highest BCUT2D eigenvalue weighted by Gasteiger charge is 2.35. The Hall–Kier alpha value is -8.72. The average molecular weight is 937 g/mol. The van der Waals surface area contributed by atoms with Gasteiger partial charge in [-0.15, -0.1) is 0 Å². The molecule has 0 saturated heterocycles. The van der Waals surface area contributed by atoms with Crippen LogP contribution in [0.2, 0.25) is 0 Å². The third kappa shape index (κ3) is 7.73. The third-order valence-electron chi connectivity index (χ3n) is 15.4. The minimum Gasteiger partial charge on any atom is -0.309 e. The molecule has 0 amide bonds. The van der Waals surface area contributed by atoms with Crippen LogP contribution >= 0.6 is 0 Å². The molecule has 0 aliphatic heterocycles. The highest BCUT2D eigenvalue weighted by molar-refractivity contribution is 6.11. The quantitative estimate of drug-likeness (QED) is 0.134. The largest absolute Gasteiger partial charge is 0.309 e. The third-order valence-corrected chi connectivity index (χ3v) is 15.4. The number of aromatic nitrogens is 2. The maximum atomic E-state index is 2.41. The van der Waals surface area contributed by atoms with Crippen molar-refractivity contribution in [2.45, 2.75) is 47.0 Å². The summed E-state index contributed by atoms with van der Waals surface area (Å²) in [5, 5.41) is 5.09. The molecule has 0 unspecified atom stereocenters. The van der Waals surface area contributed by atoms with Crippen molar-refractivity contribution in [3.05, 3.63) is 262 Å². The Morgan fingerprint density at radius 1 is 0.301 bits per heavy atom. The molecule has 13 rings (SSSR count). The van der Waals surface area contributed by atoms with Gasteiger partial charge in [0.25, 0.3) is 0 Å². The van der Waals surface area contributed by atoms with Crippen LogP contribution in [-0.4, -0.2) is 9.13 Å². The number of hydrogen-bond donors (Lipinski definition) is 0. The topological polar surface area (TPSA) is 9.86 Å². The van der Waals surface area contributed by atoms with Gasteiger partial charge in [0.1, 0.15) is 0 Å². The van der Waals surface area contributed by atoms with Crippen molar-refractivity contribution in [2.24, 2.45) is 0 Å². The van der Waals surface area contributed by atoms with Gasteiger partial charge < -0.3 is 9.13 Å². The Morgan fingerprint density at radius 2 is 0.644 bits per heavy atom. The molecular weight excluding hydrogens is 881 g/mol. The van der Waals surface area contributed by atoms with Crippen LogP contribution in [0.4, 0.5) is 0 Å². The number of aryl methyl sites for hydroxylation is 4. The van der Waals surface area contributed by atoms with Crippen LogP contribution in [0.25, 0.3) is 113 Å². The zero-order valence-electron chi connectivity index (χ0n) is 42.3. The van der Waals surface area contributed by atoms with Crippen molar-refractivity contribution in [1.29, 1.82) is 0 Å². The maximum Gasteiger partial charge on any atom is 0.0541 e. The molecule has 350 valence electrons. The first-order valence-corrected chi connectivity index (χ1v) is 25.6. The molecule has 0 saturated carbocycles. The van der Waals surface area contributed by atoms with E-state index in [1.807, 2.05) is 0 Å². The summed E-state index contributed by atoms with van der Waals surface area (Å²) in [6, 6.07) is 76.9. The summed E-state index contributed by atoms with van der Waals surface area (Å²) in [5.74, 6) is 0. The average Bonchev–Trinajstić information content (AvgIpc) is 3.99. The molecule has 2 heteroatoms. The van der Waals surface area contributed by atoms with Crippen molar-refractivity contribution in [1.82, 2.24) is 9.13 Å². The molecule has 0 fully saturated rings. The predicted molar refractivity (Wildman–Crippen MR) is 313 cm³/mol. The van der Waals surface area contributed by atoms with Crippen molar-refractivity contribution < 1.29 is 0 Å². The molecule has 0 N–H and O–H groups in total. The molecule has 0 bridgehead atoms. The molecule has 1 aliphatic rings. The van der Waals surface area contributed by atoms with E-state index in [1.54, 1.807) is 0 Å². The standard InChI is InChI=1S/C71H56N2/c1-45-35-46(2)38-57(37-45)72-67-13-9-7-11-61(67)63-43-55(29-33-69(63)72)53-25-19-49(20-26-53)15-17-51-23-31-59-60-32-24-52(42-66(60)71(5,6)65(59)41-51)18-16-50-21-27-54(28-22-50)56-30-34-70-64(44-56)62-12-8-10-14-68(62)73(70)58-39-47(3)36-48(4)40-58/h7-44H,1-6H3. The highest BCUT2D eigenvalue weighted by atomic mass is 15.0. The fourth-order valence-electron chi connectivity index (χ4n) is 12.0. The normalized spacial score (nSPS) is 13.1. The van der Waals surface area contributed by atoms with Gasteiger partial charge in [-0.2, -0.15) is 0 Å². The van der Waals surface area contributed by atoms with Gasteiger partial charge in [-0.1, -0.05) is 184 Å². The Bertz CT molecular complexity index is 3930. The van der Waals surface area contributed by atoms with Crippen molar-refractivity contribution in [2.75, 3.05) is 0 Å². The predicted octanol–water partition coefficient (Wildman–Crippen LogP) is 19.1. The lowest BCUT2D eigenvalue weighted by Crippen LogP contribution is -2.15. The van der Waals surface area contributed by atoms with E-state index in [2.05, 4.69) is 281 Å². The van der Waals surface area contributed by atoms with E-state index in [4.69, 9.17) is 0 Å². The van der Waals surface area contributed by atoms with Crippen LogP contribution in [0.5, 0.6) is 0 Å². The van der Waals surface area contributed by atoms with Crippen LogP contribution in [0.15, 0.2) is 206 Å². The Kier molecular flexibility index (Phi) is 10.5. The van der Waals surface area contributed by atoms with Gasteiger partial charge in [0.05, 0.1) is 22.1 Å². The number of fused-ring (bicyclic) bond motifs is 9. The van der Waals surface area contributed by atoms with Crippen LogP contribution in [0, 0.1) is 27.7 Å². The maximum absolute atomic E-state index is 2.41. The number of nitrogens with zero attached hydrogens (tertiary/aromatic N) is 2. The fraction of sp³-hybridized carbons (Fsp3) is 0.0986. The SMILES string of the molecule is Cc1cc(C)cc(-n2c3ccccc3c3cc(-c4ccc(C=Cc5ccc6c(c5)C(C)(C)c5cc(C=Cc7ccc(-c8ccc9c(c8)c8ccccc8n9-c8cc(C)cc(C)c8)cc7)ccc5-6)cc4)ccc32)c1. The molecule has 10 aromatic carbocycles. The van der Waals surface area contributed by atoms with Gasteiger partial charge in [-0.05, 0) is 177 Å². The van der Waals surface area contributed by atoms with Crippen molar-refractivity contribution >= 4 is 67.9 Å². The first-order valence-electron chi connectivity index (χ1n) is 25.6. The van der Waals surface area contributed by atoms with Crippen LogP contribution < -0.4 is 0 Å². The molecule has 73 heavy (non-hydrogen) atoms. The second kappa shape index (κ2) is 17.3. The molecule has 0 spiro atoms. The highest BCUT2D eigenvalue weighted by Crippen LogP contribution is 2.49. The minimum absolute atomic E-state index is 0.125. The van der Waals surface area contributed by atoms with E-state index < -0.39 is 0 Å². The summed E-state index contributed by atoms with van der Waals surface area (Å²) in [5.41, 5.74) is 27.4. The Morgan fingerprint density at radius 3 is 1.05 bits per heavy atom. The van der Waals surface area contributed by atoms with Gasteiger partial charge in [0, 0.05) is 38.3 Å². The molecule has 2 aromatic heterocycles. The summed E-state index contributed by atoms with van der Waals surface area (Å²) in [7, 11) is 0. The first kappa shape index (κ1) is 44.2. The fourth-order valence-corrected chi connectivity index (χ4v) is 12.0. The molecule has 1 aliphatic carbocycles. The number of hydrogen-bond acceptors (Lipinski definition) is 0. The number of rotatable bonds is 8. The van der Waals surface area contributed by atoms with E-state index in [-0.39, 0.29) is 5.41 Å². The second-order valence-electron chi connectivity index (χ2n) is 21.0. The van der Waals surface area contributed by atoms with Gasteiger partial charge >= 0.3 is 0 Å². The monoisotopic (exact) mass is 936 g/mol. The number of para-hydroxylation sites is 2. The lowest BCUT2D eigenvalue weighted by atomic mass is 9.81. The summed E-state index contributed by atoms with van der Waals surface area (Å²) >= 11 is 0. The first-order chi connectivity index (χ1) is 35.5. The summed E-state index contributed by atoms with van der Waals surface area (Å²) in [4.78, 5) is 0. The lowest BCUT2D eigenvalue weighted by Gasteiger charge is -2.22. The molecule has 0 atom stereocenters. The zero-order chi connectivity index (χ0) is 49.5. The molecule has 2 heterocycles. The smallest absolute Gasteiger partial charge is 0.0541 e. The van der Waals surface area contributed by atoms with Crippen LogP contribution in [0.1, 0.15) is 69.5 Å². The molecule has 2 nitrogen and oxygen atoms in total. The zero-order valence-corrected chi connectivity index (χ0v) is 42.3. The summed E-state index contributed by atoms with van der Waals surface area (Å²) in [6.07, 6.45) is 8.99. The van der Waals surface area contributed by atoms with Crippen molar-refractivity contribution in [3.63, 3.8) is 0 Å². The van der Waals surface area contributed by atoms with Crippen LogP contribution in [-0.2, 0) is 5.41 Å². The second-order valence-corrected chi connectivity index (χ2v) is 21.0. The van der Waals surface area contributed by atoms with Gasteiger partial charge in [-0.25, -0.2) is 0 Å². The van der Waals surface area contributed by atoms with Gasteiger partial charge in [-0.3, -0.25) is 0 Å². The van der Waals surface area contributed by atoms with E-state index >= 15 is 0 Å². The minimum atomic E-state index is -0.125. The van der Waals surface area contributed by atoms with Gasteiger partial charge in [0.2, 0.25) is 0 Å². The number of benzene rings is 10.